The Labute approximate surface area is 157 Å². The molecule has 1 aromatic heterocycles. The topological polar surface area (TPSA) is 89.8 Å². The zero-order valence-electron chi connectivity index (χ0n) is 15.5. The van der Waals surface area contributed by atoms with Gasteiger partial charge in [0.2, 0.25) is 11.8 Å². The van der Waals surface area contributed by atoms with E-state index in [-0.39, 0.29) is 25.0 Å². The van der Waals surface area contributed by atoms with Crippen LogP contribution in [0.25, 0.3) is 0 Å². The summed E-state index contributed by atoms with van der Waals surface area (Å²) in [5.74, 6) is 1.26. The molecule has 27 heavy (non-hydrogen) atoms. The highest BCUT2D eigenvalue weighted by Crippen LogP contribution is 2.26. The zero-order chi connectivity index (χ0) is 19.2. The van der Waals surface area contributed by atoms with Crippen LogP contribution in [0.15, 0.2) is 30.5 Å². The van der Waals surface area contributed by atoms with E-state index in [4.69, 9.17) is 9.47 Å². The van der Waals surface area contributed by atoms with E-state index in [0.29, 0.717) is 43.4 Å². The Morgan fingerprint density at radius 1 is 1.07 bits per heavy atom. The number of benzene rings is 1. The normalized spacial score (nSPS) is 14.1. The number of nitrogens with zero attached hydrogens (tertiary/aromatic N) is 5. The lowest BCUT2D eigenvalue weighted by molar-refractivity contribution is -0.138. The molecule has 3 rings (SSSR count). The summed E-state index contributed by atoms with van der Waals surface area (Å²) in [4.78, 5) is 27.2. The third-order valence-electron chi connectivity index (χ3n) is 4.41. The van der Waals surface area contributed by atoms with E-state index in [0.717, 1.165) is 0 Å². The molecule has 1 aliphatic heterocycles. The van der Waals surface area contributed by atoms with Gasteiger partial charge in [0.05, 0.1) is 13.3 Å². The van der Waals surface area contributed by atoms with Crippen molar-refractivity contribution in [2.24, 2.45) is 0 Å². The Kier molecular flexibility index (Phi) is 5.90. The Bertz CT molecular complexity index is 799. The van der Waals surface area contributed by atoms with Crippen LogP contribution < -0.4 is 9.47 Å². The molecule has 1 fully saturated rings. The number of carbonyl (C=O) groups is 2. The number of piperazine rings is 1. The van der Waals surface area contributed by atoms with Crippen LogP contribution in [-0.2, 0) is 22.7 Å². The van der Waals surface area contributed by atoms with Crippen LogP contribution in [0, 0.1) is 0 Å². The van der Waals surface area contributed by atoms with Crippen molar-refractivity contribution in [3.63, 3.8) is 0 Å². The number of rotatable bonds is 6. The molecule has 2 amide bonds. The van der Waals surface area contributed by atoms with Gasteiger partial charge in [-0.25, -0.2) is 4.68 Å². The first-order valence-corrected chi connectivity index (χ1v) is 8.75. The molecule has 9 heteroatoms. The number of methoxy groups -OCH3 is 1. The maximum Gasteiger partial charge on any atom is 0.244 e. The molecule has 0 radical (unpaired) electrons. The third-order valence-corrected chi connectivity index (χ3v) is 4.41. The van der Waals surface area contributed by atoms with E-state index in [2.05, 4.69) is 10.3 Å². The van der Waals surface area contributed by atoms with Gasteiger partial charge < -0.3 is 19.3 Å². The maximum absolute atomic E-state index is 12.4. The van der Waals surface area contributed by atoms with Crippen molar-refractivity contribution in [1.82, 2.24) is 24.8 Å². The van der Waals surface area contributed by atoms with Gasteiger partial charge in [0.15, 0.2) is 11.5 Å². The fourth-order valence-corrected chi connectivity index (χ4v) is 2.88. The molecule has 144 valence electrons. The van der Waals surface area contributed by atoms with Gasteiger partial charge in [-0.15, -0.1) is 5.10 Å². The standard InChI is InChI=1S/C18H23N5O4/c1-14(24)21-7-9-22(10-8-21)18(25)12-23-11-15(19-20-23)13-27-17-6-4-3-5-16(17)26-2/h3-6,11H,7-10,12-13H2,1-2H3. The Hall–Kier alpha value is -3.10. The van der Waals surface area contributed by atoms with Gasteiger partial charge in [-0.2, -0.15) is 0 Å². The van der Waals surface area contributed by atoms with Gasteiger partial charge in [0, 0.05) is 33.1 Å². The lowest BCUT2D eigenvalue weighted by Gasteiger charge is -2.34. The average Bonchev–Trinajstić information content (AvgIpc) is 3.14. The van der Waals surface area contributed by atoms with Crippen LogP contribution in [0.5, 0.6) is 11.5 Å². The maximum atomic E-state index is 12.4. The van der Waals surface area contributed by atoms with E-state index in [1.165, 1.54) is 4.68 Å². The number of aromatic nitrogens is 3. The molecule has 2 heterocycles. The second-order valence-electron chi connectivity index (χ2n) is 6.23. The summed E-state index contributed by atoms with van der Waals surface area (Å²) in [7, 11) is 1.58. The average molecular weight is 373 g/mol. The number of para-hydroxylation sites is 2. The predicted molar refractivity (Wildman–Crippen MR) is 96.2 cm³/mol. The smallest absolute Gasteiger partial charge is 0.244 e. The Morgan fingerprint density at radius 2 is 1.74 bits per heavy atom. The highest BCUT2D eigenvalue weighted by molar-refractivity contribution is 5.77. The molecule has 1 aromatic carbocycles. The van der Waals surface area contributed by atoms with Crippen molar-refractivity contribution in [3.05, 3.63) is 36.2 Å². The fraction of sp³-hybridized carbons (Fsp3) is 0.444. The number of hydrogen-bond donors (Lipinski definition) is 0. The predicted octanol–water partition coefficient (Wildman–Crippen LogP) is 0.556. The van der Waals surface area contributed by atoms with E-state index >= 15 is 0 Å². The minimum Gasteiger partial charge on any atom is -0.493 e. The monoisotopic (exact) mass is 373 g/mol. The molecule has 1 aliphatic rings. The Morgan fingerprint density at radius 3 is 2.41 bits per heavy atom. The molecule has 0 N–H and O–H groups in total. The molecule has 0 bridgehead atoms. The number of carbonyl (C=O) groups excluding carboxylic acids is 2. The van der Waals surface area contributed by atoms with Crippen LogP contribution in [0.3, 0.4) is 0 Å². The quantitative estimate of drug-likeness (QED) is 0.735. The summed E-state index contributed by atoms with van der Waals surface area (Å²) < 4.78 is 12.5. The summed E-state index contributed by atoms with van der Waals surface area (Å²) in [6, 6.07) is 7.35. The van der Waals surface area contributed by atoms with Crippen molar-refractivity contribution in [2.75, 3.05) is 33.3 Å². The van der Waals surface area contributed by atoms with Crippen LogP contribution in [0.2, 0.25) is 0 Å². The summed E-state index contributed by atoms with van der Waals surface area (Å²) in [6.07, 6.45) is 1.69. The van der Waals surface area contributed by atoms with E-state index < -0.39 is 0 Å². The summed E-state index contributed by atoms with van der Waals surface area (Å²) >= 11 is 0. The highest BCUT2D eigenvalue weighted by Gasteiger charge is 2.22. The molecule has 0 unspecified atom stereocenters. The summed E-state index contributed by atoms with van der Waals surface area (Å²) in [5.41, 5.74) is 0.620. The van der Waals surface area contributed by atoms with Gasteiger partial charge in [-0.1, -0.05) is 17.3 Å². The van der Waals surface area contributed by atoms with Crippen LogP contribution >= 0.6 is 0 Å². The zero-order valence-corrected chi connectivity index (χ0v) is 15.5. The van der Waals surface area contributed by atoms with Crippen LogP contribution in [0.1, 0.15) is 12.6 Å². The van der Waals surface area contributed by atoms with Crippen LogP contribution in [-0.4, -0.2) is 69.9 Å². The first-order chi connectivity index (χ1) is 13.1. The SMILES string of the molecule is COc1ccccc1OCc1cn(CC(=O)N2CCN(C(C)=O)CC2)nn1. The third kappa shape index (κ3) is 4.75. The molecule has 0 spiro atoms. The molecule has 0 atom stereocenters. The van der Waals surface area contributed by atoms with Crippen molar-refractivity contribution in [3.8, 4) is 11.5 Å². The number of amides is 2. The molecule has 0 aliphatic carbocycles. The number of hydrogen-bond acceptors (Lipinski definition) is 6. The fourth-order valence-electron chi connectivity index (χ4n) is 2.88. The van der Waals surface area contributed by atoms with Crippen molar-refractivity contribution < 1.29 is 19.1 Å². The van der Waals surface area contributed by atoms with Gasteiger partial charge in [-0.3, -0.25) is 9.59 Å². The van der Waals surface area contributed by atoms with E-state index in [1.54, 1.807) is 30.0 Å². The summed E-state index contributed by atoms with van der Waals surface area (Å²) in [6.45, 7) is 4.09. The van der Waals surface area contributed by atoms with Gasteiger partial charge in [-0.05, 0) is 12.1 Å². The minimum atomic E-state index is -0.0414. The second kappa shape index (κ2) is 8.52. The largest absolute Gasteiger partial charge is 0.493 e. The van der Waals surface area contributed by atoms with Gasteiger partial charge >= 0.3 is 0 Å². The molecule has 2 aromatic rings. The van der Waals surface area contributed by atoms with Crippen molar-refractivity contribution in [1.29, 1.82) is 0 Å². The molecular weight excluding hydrogens is 350 g/mol. The highest BCUT2D eigenvalue weighted by atomic mass is 16.5. The molecule has 9 nitrogen and oxygen atoms in total. The second-order valence-corrected chi connectivity index (χ2v) is 6.23. The lowest BCUT2D eigenvalue weighted by atomic mass is 10.3. The molecule has 0 saturated carbocycles. The Balaban J connectivity index is 1.50. The van der Waals surface area contributed by atoms with Gasteiger partial charge in [0.25, 0.3) is 0 Å². The van der Waals surface area contributed by atoms with E-state index in [1.807, 2.05) is 24.3 Å². The minimum absolute atomic E-state index is 0.0399. The molecular formula is C18H23N5O4. The van der Waals surface area contributed by atoms with E-state index in [9.17, 15) is 9.59 Å². The number of ether oxygens (including phenoxy) is 2. The first kappa shape index (κ1) is 18.7. The van der Waals surface area contributed by atoms with Crippen molar-refractivity contribution in [2.45, 2.75) is 20.1 Å². The lowest BCUT2D eigenvalue weighted by Crippen LogP contribution is -2.50. The van der Waals surface area contributed by atoms with Crippen molar-refractivity contribution >= 4 is 11.8 Å². The van der Waals surface area contributed by atoms with Crippen LogP contribution in [0.4, 0.5) is 0 Å². The first-order valence-electron chi connectivity index (χ1n) is 8.75. The van der Waals surface area contributed by atoms with Gasteiger partial charge in [0.1, 0.15) is 18.8 Å². The summed E-state index contributed by atoms with van der Waals surface area (Å²) in [5, 5.41) is 8.04. The molecule has 1 saturated heterocycles.